The molecule has 1 aliphatic heterocycles. The van der Waals surface area contributed by atoms with Gasteiger partial charge in [-0.05, 0) is 31.2 Å². The fourth-order valence-electron chi connectivity index (χ4n) is 4.35. The molecular formula is C21H30N2O2. The summed E-state index contributed by atoms with van der Waals surface area (Å²) in [4.78, 5) is 26.9. The number of carbonyl (C=O) groups excluding carboxylic acids is 2. The second kappa shape index (κ2) is 7.59. The number of nitrogens with zero attached hydrogens (tertiary/aromatic N) is 1. The van der Waals surface area contributed by atoms with Gasteiger partial charge in [0.25, 0.3) is 0 Å². The van der Waals surface area contributed by atoms with Crippen LogP contribution in [-0.4, -0.2) is 35.8 Å². The van der Waals surface area contributed by atoms with E-state index in [1.54, 1.807) is 0 Å². The van der Waals surface area contributed by atoms with Crippen LogP contribution in [0.4, 0.5) is 0 Å². The van der Waals surface area contributed by atoms with E-state index in [9.17, 15) is 9.59 Å². The molecule has 1 unspecified atom stereocenters. The first-order valence-corrected chi connectivity index (χ1v) is 9.72. The summed E-state index contributed by atoms with van der Waals surface area (Å²) in [7, 11) is 0. The van der Waals surface area contributed by atoms with Crippen LogP contribution in [0.3, 0.4) is 0 Å². The molecule has 0 spiro atoms. The van der Waals surface area contributed by atoms with Crippen molar-refractivity contribution < 1.29 is 9.59 Å². The maximum Gasteiger partial charge on any atom is 0.225 e. The van der Waals surface area contributed by atoms with E-state index in [1.807, 2.05) is 11.0 Å². The topological polar surface area (TPSA) is 49.4 Å². The third-order valence-corrected chi connectivity index (χ3v) is 6.21. The van der Waals surface area contributed by atoms with Crippen molar-refractivity contribution in [2.45, 2.75) is 63.8 Å². The van der Waals surface area contributed by atoms with Crippen LogP contribution in [0.15, 0.2) is 30.3 Å². The van der Waals surface area contributed by atoms with Gasteiger partial charge in [0.15, 0.2) is 0 Å². The van der Waals surface area contributed by atoms with E-state index in [-0.39, 0.29) is 29.2 Å². The third kappa shape index (κ3) is 3.58. The fourth-order valence-corrected chi connectivity index (χ4v) is 4.35. The Morgan fingerprint density at radius 1 is 1.24 bits per heavy atom. The maximum atomic E-state index is 12.7. The van der Waals surface area contributed by atoms with Crippen LogP contribution in [-0.2, 0) is 15.0 Å². The molecule has 136 valence electrons. The molecule has 1 aromatic rings. The molecule has 25 heavy (non-hydrogen) atoms. The van der Waals surface area contributed by atoms with E-state index < -0.39 is 0 Å². The molecule has 1 aliphatic carbocycles. The van der Waals surface area contributed by atoms with Gasteiger partial charge in [-0.3, -0.25) is 9.59 Å². The van der Waals surface area contributed by atoms with E-state index in [0.29, 0.717) is 19.5 Å². The smallest absolute Gasteiger partial charge is 0.225 e. The van der Waals surface area contributed by atoms with E-state index in [0.717, 1.165) is 25.7 Å². The zero-order valence-electron chi connectivity index (χ0n) is 15.5. The van der Waals surface area contributed by atoms with Crippen molar-refractivity contribution in [3.05, 3.63) is 35.9 Å². The van der Waals surface area contributed by atoms with Crippen LogP contribution < -0.4 is 5.32 Å². The van der Waals surface area contributed by atoms with Gasteiger partial charge in [-0.1, -0.05) is 50.6 Å². The first-order chi connectivity index (χ1) is 12.1. The lowest BCUT2D eigenvalue weighted by Crippen LogP contribution is -2.47. The summed E-state index contributed by atoms with van der Waals surface area (Å²) >= 11 is 0. The van der Waals surface area contributed by atoms with Crippen molar-refractivity contribution in [2.24, 2.45) is 5.92 Å². The van der Waals surface area contributed by atoms with E-state index >= 15 is 0 Å². The minimum Gasteiger partial charge on any atom is -0.355 e. The molecule has 1 N–H and O–H groups in total. The Hall–Kier alpha value is -1.84. The molecule has 1 aromatic carbocycles. The maximum absolute atomic E-state index is 12.7. The van der Waals surface area contributed by atoms with Crippen LogP contribution in [0.2, 0.25) is 0 Å². The van der Waals surface area contributed by atoms with Gasteiger partial charge in [-0.25, -0.2) is 0 Å². The number of likely N-dealkylation sites (tertiary alicyclic amines) is 1. The monoisotopic (exact) mass is 342 g/mol. The summed E-state index contributed by atoms with van der Waals surface area (Å²) in [5, 5.41) is 3.16. The lowest BCUT2D eigenvalue weighted by atomic mass is 9.64. The molecule has 0 radical (unpaired) electrons. The number of hydrogen-bond acceptors (Lipinski definition) is 2. The molecule has 4 nitrogen and oxygen atoms in total. The Balaban J connectivity index is 1.59. The second-order valence-electron chi connectivity index (χ2n) is 7.64. The zero-order chi connectivity index (χ0) is 17.9. The van der Waals surface area contributed by atoms with Crippen LogP contribution in [0.5, 0.6) is 0 Å². The summed E-state index contributed by atoms with van der Waals surface area (Å²) in [6.07, 6.45) is 5.73. The van der Waals surface area contributed by atoms with E-state index in [1.165, 1.54) is 12.0 Å². The first kappa shape index (κ1) is 18.0. The molecule has 4 heteroatoms. The molecule has 1 saturated heterocycles. The Morgan fingerprint density at radius 2 is 1.92 bits per heavy atom. The van der Waals surface area contributed by atoms with E-state index in [4.69, 9.17) is 0 Å². The minimum absolute atomic E-state index is 0.0454. The number of hydrogen-bond donors (Lipinski definition) is 1. The Labute approximate surface area is 151 Å². The van der Waals surface area contributed by atoms with Crippen molar-refractivity contribution in [1.82, 2.24) is 10.2 Å². The summed E-state index contributed by atoms with van der Waals surface area (Å²) in [6.45, 7) is 5.48. The van der Waals surface area contributed by atoms with Crippen molar-refractivity contribution in [1.29, 1.82) is 0 Å². The molecule has 2 aliphatic rings. The molecule has 0 aromatic heterocycles. The molecule has 2 fully saturated rings. The minimum atomic E-state index is -0.194. The predicted octanol–water partition coefficient (Wildman–Crippen LogP) is 3.26. The summed E-state index contributed by atoms with van der Waals surface area (Å²) in [5.74, 6) is -0.0136. The lowest BCUT2D eigenvalue weighted by molar-refractivity contribution is -0.130. The summed E-state index contributed by atoms with van der Waals surface area (Å²) in [5.41, 5.74) is 1.41. The van der Waals surface area contributed by atoms with Crippen molar-refractivity contribution in [3.8, 4) is 0 Å². The fraction of sp³-hybridized carbons (Fsp3) is 0.619. The molecule has 1 atom stereocenters. The highest BCUT2D eigenvalue weighted by Crippen LogP contribution is 2.43. The van der Waals surface area contributed by atoms with Gasteiger partial charge < -0.3 is 10.2 Å². The average Bonchev–Trinajstić information content (AvgIpc) is 2.98. The van der Waals surface area contributed by atoms with Gasteiger partial charge in [0.2, 0.25) is 11.8 Å². The highest BCUT2D eigenvalue weighted by molar-refractivity contribution is 5.89. The Bertz CT molecular complexity index is 606. The average molecular weight is 342 g/mol. The van der Waals surface area contributed by atoms with Crippen LogP contribution in [0, 0.1) is 5.92 Å². The molecular weight excluding hydrogens is 312 g/mol. The molecule has 0 bridgehead atoms. The number of benzene rings is 1. The standard InChI is InChI=1S/C21H30N2O2/c1-3-18(4-2)23-14-16(13-19(23)24)20(25)22-15-21(11-8-12-21)17-9-6-5-7-10-17/h5-7,9-10,16,18H,3-4,8,11-15H2,1-2H3,(H,22,25). The van der Waals surface area contributed by atoms with Gasteiger partial charge in [0, 0.05) is 31.0 Å². The van der Waals surface area contributed by atoms with Gasteiger partial charge in [0.05, 0.1) is 5.92 Å². The SMILES string of the molecule is CCC(CC)N1CC(C(=O)NCC2(c3ccccc3)CCC2)CC1=O. The largest absolute Gasteiger partial charge is 0.355 e. The van der Waals surface area contributed by atoms with Gasteiger partial charge in [-0.2, -0.15) is 0 Å². The number of rotatable bonds is 7. The highest BCUT2D eigenvalue weighted by Gasteiger charge is 2.41. The number of nitrogens with one attached hydrogen (secondary N) is 1. The Morgan fingerprint density at radius 3 is 2.48 bits per heavy atom. The second-order valence-corrected chi connectivity index (χ2v) is 7.64. The lowest BCUT2D eigenvalue weighted by Gasteiger charge is -2.42. The highest BCUT2D eigenvalue weighted by atomic mass is 16.2. The first-order valence-electron chi connectivity index (χ1n) is 9.72. The molecule has 1 saturated carbocycles. The van der Waals surface area contributed by atoms with Crippen molar-refractivity contribution >= 4 is 11.8 Å². The van der Waals surface area contributed by atoms with Gasteiger partial charge in [0.1, 0.15) is 0 Å². The van der Waals surface area contributed by atoms with Gasteiger partial charge >= 0.3 is 0 Å². The normalized spacial score (nSPS) is 22.1. The molecule has 2 amide bonds. The zero-order valence-corrected chi connectivity index (χ0v) is 15.5. The summed E-state index contributed by atoms with van der Waals surface area (Å²) < 4.78 is 0. The quantitative estimate of drug-likeness (QED) is 0.827. The Kier molecular flexibility index (Phi) is 5.45. The van der Waals surface area contributed by atoms with Crippen molar-refractivity contribution in [3.63, 3.8) is 0 Å². The summed E-state index contributed by atoms with van der Waals surface area (Å²) in [6, 6.07) is 10.8. The third-order valence-electron chi connectivity index (χ3n) is 6.21. The number of amides is 2. The van der Waals surface area contributed by atoms with Gasteiger partial charge in [-0.15, -0.1) is 0 Å². The number of carbonyl (C=O) groups is 2. The molecule has 3 rings (SSSR count). The van der Waals surface area contributed by atoms with E-state index in [2.05, 4.69) is 43.4 Å². The predicted molar refractivity (Wildman–Crippen MR) is 99.2 cm³/mol. The van der Waals surface area contributed by atoms with Crippen LogP contribution in [0.1, 0.15) is 57.9 Å². The molecule has 1 heterocycles. The van der Waals surface area contributed by atoms with Crippen molar-refractivity contribution in [2.75, 3.05) is 13.1 Å². The van der Waals surface area contributed by atoms with Crippen LogP contribution in [0.25, 0.3) is 0 Å². The van der Waals surface area contributed by atoms with Crippen LogP contribution >= 0.6 is 0 Å².